The third kappa shape index (κ3) is 3.39. The van der Waals surface area contributed by atoms with Crippen molar-refractivity contribution < 1.29 is 14.3 Å². The van der Waals surface area contributed by atoms with Crippen LogP contribution in [0.2, 0.25) is 0 Å². The van der Waals surface area contributed by atoms with Gasteiger partial charge in [0, 0.05) is 30.1 Å². The number of ether oxygens (including phenoxy) is 2. The molecule has 28 heavy (non-hydrogen) atoms. The largest absolute Gasteiger partial charge is 0.497 e. The molecule has 5 rings (SSSR count). The molecule has 1 aromatic heterocycles. The third-order valence-electron chi connectivity index (χ3n) is 6.34. The summed E-state index contributed by atoms with van der Waals surface area (Å²) in [6.07, 6.45) is 6.17. The van der Waals surface area contributed by atoms with Crippen LogP contribution in [0, 0.1) is 11.8 Å². The molecule has 2 bridgehead atoms. The average molecular weight is 380 g/mol. The van der Waals surface area contributed by atoms with E-state index in [1.165, 1.54) is 6.42 Å². The molecule has 3 saturated heterocycles. The second-order valence-corrected chi connectivity index (χ2v) is 7.79. The first-order valence-corrected chi connectivity index (χ1v) is 10.1. The number of nitrogens with zero attached hydrogens (tertiary/aromatic N) is 2. The Morgan fingerprint density at radius 3 is 2.96 bits per heavy atom. The number of hydrogen-bond acceptors (Lipinski definition) is 5. The SMILES string of the molecule is C=C[C@@H]1CN2CC[C@H]1C[C@H]2[C@H](OC(=O)CC)c1ccnc2ccc(OC)cc12. The first kappa shape index (κ1) is 18.9. The molecular formula is C23H28N2O3. The molecule has 148 valence electrons. The van der Waals surface area contributed by atoms with E-state index in [-0.39, 0.29) is 18.1 Å². The number of carbonyl (C=O) groups excluding carboxylic acids is 1. The van der Waals surface area contributed by atoms with Gasteiger partial charge in [0.25, 0.3) is 0 Å². The van der Waals surface area contributed by atoms with Crippen LogP contribution in [0.4, 0.5) is 0 Å². The van der Waals surface area contributed by atoms with Crippen molar-refractivity contribution in [2.75, 3.05) is 20.2 Å². The lowest BCUT2D eigenvalue weighted by Crippen LogP contribution is -2.55. The lowest BCUT2D eigenvalue weighted by atomic mass is 9.73. The molecule has 0 spiro atoms. The number of piperidine rings is 3. The van der Waals surface area contributed by atoms with Gasteiger partial charge in [0.15, 0.2) is 0 Å². The van der Waals surface area contributed by atoms with Crippen molar-refractivity contribution >= 4 is 16.9 Å². The molecule has 0 radical (unpaired) electrons. The Bertz CT molecular complexity index is 881. The highest BCUT2D eigenvalue weighted by molar-refractivity contribution is 5.84. The van der Waals surface area contributed by atoms with Crippen LogP contribution in [0.5, 0.6) is 5.75 Å². The minimum Gasteiger partial charge on any atom is -0.497 e. The molecule has 3 aliphatic heterocycles. The van der Waals surface area contributed by atoms with Crippen LogP contribution in [0.1, 0.15) is 37.9 Å². The van der Waals surface area contributed by atoms with E-state index in [1.54, 1.807) is 13.3 Å². The van der Waals surface area contributed by atoms with Crippen molar-refractivity contribution in [3.8, 4) is 5.75 Å². The normalized spacial score (nSPS) is 27.4. The molecule has 5 heteroatoms. The summed E-state index contributed by atoms with van der Waals surface area (Å²) < 4.78 is 11.5. The predicted octanol–water partition coefficient (Wildman–Crippen LogP) is 4.13. The van der Waals surface area contributed by atoms with Crippen LogP contribution in [0.25, 0.3) is 10.9 Å². The second kappa shape index (κ2) is 7.92. The van der Waals surface area contributed by atoms with E-state index in [1.807, 2.05) is 31.2 Å². The molecule has 0 N–H and O–H groups in total. The van der Waals surface area contributed by atoms with Crippen molar-refractivity contribution in [1.29, 1.82) is 0 Å². The van der Waals surface area contributed by atoms with Crippen LogP contribution in [0.3, 0.4) is 0 Å². The van der Waals surface area contributed by atoms with E-state index in [0.717, 1.165) is 41.7 Å². The Labute approximate surface area is 166 Å². The van der Waals surface area contributed by atoms with Gasteiger partial charge in [-0.3, -0.25) is 14.7 Å². The molecule has 3 aliphatic rings. The van der Waals surface area contributed by atoms with Crippen molar-refractivity contribution in [2.24, 2.45) is 11.8 Å². The summed E-state index contributed by atoms with van der Waals surface area (Å²) in [6.45, 7) is 7.90. The fraction of sp³-hybridized carbons (Fsp3) is 0.478. The fourth-order valence-electron chi connectivity index (χ4n) is 4.79. The Kier molecular flexibility index (Phi) is 5.36. The molecule has 4 heterocycles. The topological polar surface area (TPSA) is 51.7 Å². The van der Waals surface area contributed by atoms with Crippen molar-refractivity contribution in [3.63, 3.8) is 0 Å². The highest BCUT2D eigenvalue weighted by Crippen LogP contribution is 2.43. The van der Waals surface area contributed by atoms with Gasteiger partial charge in [-0.15, -0.1) is 6.58 Å². The maximum Gasteiger partial charge on any atom is 0.306 e. The lowest BCUT2D eigenvalue weighted by molar-refractivity contribution is -0.156. The zero-order chi connectivity index (χ0) is 19.7. The number of pyridine rings is 1. The van der Waals surface area contributed by atoms with Gasteiger partial charge in [-0.2, -0.15) is 0 Å². The van der Waals surface area contributed by atoms with Crippen molar-refractivity contribution in [2.45, 2.75) is 38.3 Å². The Morgan fingerprint density at radius 1 is 1.43 bits per heavy atom. The number of methoxy groups -OCH3 is 1. The smallest absolute Gasteiger partial charge is 0.306 e. The van der Waals surface area contributed by atoms with Gasteiger partial charge in [0.1, 0.15) is 11.9 Å². The summed E-state index contributed by atoms with van der Waals surface area (Å²) in [6, 6.07) is 8.03. The quantitative estimate of drug-likeness (QED) is 0.557. The van der Waals surface area contributed by atoms with Crippen LogP contribution < -0.4 is 4.74 Å². The van der Waals surface area contributed by atoms with Gasteiger partial charge in [0.05, 0.1) is 18.7 Å². The van der Waals surface area contributed by atoms with E-state index < -0.39 is 0 Å². The summed E-state index contributed by atoms with van der Waals surface area (Å²) >= 11 is 0. The first-order chi connectivity index (χ1) is 13.6. The maximum atomic E-state index is 12.3. The van der Waals surface area contributed by atoms with Crippen molar-refractivity contribution in [3.05, 3.63) is 48.7 Å². The molecule has 0 amide bonds. The molecular weight excluding hydrogens is 352 g/mol. The number of aromatic nitrogens is 1. The highest BCUT2D eigenvalue weighted by Gasteiger charge is 2.44. The zero-order valence-electron chi connectivity index (χ0n) is 16.6. The highest BCUT2D eigenvalue weighted by atomic mass is 16.5. The van der Waals surface area contributed by atoms with Gasteiger partial charge in [0.2, 0.25) is 0 Å². The molecule has 5 atom stereocenters. The molecule has 1 unspecified atom stereocenters. The van der Waals surface area contributed by atoms with Gasteiger partial charge < -0.3 is 9.47 Å². The molecule has 3 fully saturated rings. The van der Waals surface area contributed by atoms with E-state index in [4.69, 9.17) is 9.47 Å². The van der Waals surface area contributed by atoms with E-state index in [0.29, 0.717) is 18.3 Å². The summed E-state index contributed by atoms with van der Waals surface area (Å²) in [5.41, 5.74) is 1.90. The van der Waals surface area contributed by atoms with Gasteiger partial charge in [-0.1, -0.05) is 13.0 Å². The molecule has 1 aromatic carbocycles. The van der Waals surface area contributed by atoms with Crippen LogP contribution in [-0.2, 0) is 9.53 Å². The molecule has 0 saturated carbocycles. The molecule has 5 nitrogen and oxygen atoms in total. The average Bonchev–Trinajstić information content (AvgIpc) is 2.76. The number of fused-ring (bicyclic) bond motifs is 4. The van der Waals surface area contributed by atoms with E-state index >= 15 is 0 Å². The first-order valence-electron chi connectivity index (χ1n) is 10.1. The summed E-state index contributed by atoms with van der Waals surface area (Å²) in [5.74, 6) is 1.75. The zero-order valence-corrected chi connectivity index (χ0v) is 16.6. The number of benzene rings is 1. The molecule has 0 aliphatic carbocycles. The minimum atomic E-state index is -0.307. The van der Waals surface area contributed by atoms with Gasteiger partial charge in [-0.25, -0.2) is 0 Å². The summed E-state index contributed by atoms with van der Waals surface area (Å²) in [7, 11) is 1.66. The Hall–Kier alpha value is -2.40. The van der Waals surface area contributed by atoms with E-state index in [9.17, 15) is 4.79 Å². The lowest BCUT2D eigenvalue weighted by Gasteiger charge is -2.51. The minimum absolute atomic E-state index is 0.166. The van der Waals surface area contributed by atoms with E-state index in [2.05, 4.69) is 22.5 Å². The van der Waals surface area contributed by atoms with Crippen molar-refractivity contribution in [1.82, 2.24) is 9.88 Å². The van der Waals surface area contributed by atoms with Gasteiger partial charge >= 0.3 is 5.97 Å². The number of carbonyl (C=O) groups is 1. The van der Waals surface area contributed by atoms with Gasteiger partial charge in [-0.05, 0) is 55.5 Å². The Balaban J connectivity index is 1.76. The molecule has 2 aromatic rings. The van der Waals surface area contributed by atoms with Crippen LogP contribution in [-0.4, -0.2) is 42.1 Å². The summed E-state index contributed by atoms with van der Waals surface area (Å²) in [4.78, 5) is 19.3. The fourth-order valence-corrected chi connectivity index (χ4v) is 4.79. The van der Waals surface area contributed by atoms with Crippen LogP contribution in [0.15, 0.2) is 43.1 Å². The van der Waals surface area contributed by atoms with Crippen LogP contribution >= 0.6 is 0 Å². The second-order valence-electron chi connectivity index (χ2n) is 7.79. The number of esters is 1. The summed E-state index contributed by atoms with van der Waals surface area (Å²) in [5, 5.41) is 0.985. The standard InChI is InChI=1S/C23H28N2O3/c1-4-15-14-25-11-9-16(15)12-21(25)23(28-22(26)5-2)18-8-10-24-20-7-6-17(27-3)13-19(18)20/h4,6-8,10,13,15-16,21,23H,1,5,9,11-12,14H2,2-3H3/t15-,16+,21+,23-/m1/s1. The number of hydrogen-bond donors (Lipinski definition) is 0. The third-order valence-corrected chi connectivity index (χ3v) is 6.34. The number of rotatable bonds is 6. The maximum absolute atomic E-state index is 12.3. The monoisotopic (exact) mass is 380 g/mol. The predicted molar refractivity (Wildman–Crippen MR) is 109 cm³/mol. The Morgan fingerprint density at radius 2 is 2.29 bits per heavy atom.